The number of aromatic nitrogens is 2. The summed E-state index contributed by atoms with van der Waals surface area (Å²) in [6.07, 6.45) is 10.7. The summed E-state index contributed by atoms with van der Waals surface area (Å²) < 4.78 is 32.8. The third-order valence-corrected chi connectivity index (χ3v) is 6.72. The summed E-state index contributed by atoms with van der Waals surface area (Å²) in [6.45, 7) is 1.88. The molecule has 1 saturated heterocycles. The van der Waals surface area contributed by atoms with Gasteiger partial charge in [0, 0.05) is 37.4 Å². The van der Waals surface area contributed by atoms with Gasteiger partial charge in [0.25, 0.3) is 0 Å². The van der Waals surface area contributed by atoms with Crippen LogP contribution in [0, 0.1) is 5.92 Å². The summed E-state index contributed by atoms with van der Waals surface area (Å²) in [6, 6.07) is 12.1. The average Bonchev–Trinajstić information content (AvgIpc) is 2.79. The van der Waals surface area contributed by atoms with Crippen molar-refractivity contribution in [1.29, 1.82) is 0 Å². The lowest BCUT2D eigenvalue weighted by molar-refractivity contribution is 0.0164. The van der Waals surface area contributed by atoms with Crippen molar-refractivity contribution in [3.05, 3.63) is 60.4 Å². The molecule has 1 aromatic heterocycles. The number of hydrogen-bond acceptors (Lipinski definition) is 6. The van der Waals surface area contributed by atoms with E-state index in [1.165, 1.54) is 17.4 Å². The molecule has 4 rings (SSSR count). The van der Waals surface area contributed by atoms with Gasteiger partial charge in [-0.05, 0) is 42.9 Å². The Balaban J connectivity index is 1.38. The number of hydrogen-bond donors (Lipinski definition) is 1. The zero-order valence-corrected chi connectivity index (χ0v) is 18.7. The molecular weight excluding hydrogens is 412 g/mol. The molecule has 2 aromatic rings. The van der Waals surface area contributed by atoms with E-state index in [1.54, 1.807) is 18.5 Å². The second-order valence-corrected chi connectivity index (χ2v) is 10.1. The van der Waals surface area contributed by atoms with Crippen molar-refractivity contribution in [1.82, 2.24) is 14.7 Å². The predicted molar refractivity (Wildman–Crippen MR) is 122 cm³/mol. The van der Waals surface area contributed by atoms with Crippen molar-refractivity contribution in [3.63, 3.8) is 0 Å². The smallest absolute Gasteiger partial charge is 0.225 e. The van der Waals surface area contributed by atoms with Crippen LogP contribution >= 0.6 is 0 Å². The summed E-state index contributed by atoms with van der Waals surface area (Å²) >= 11 is 0. The van der Waals surface area contributed by atoms with Crippen LogP contribution < -0.4 is 9.62 Å². The van der Waals surface area contributed by atoms with Crippen molar-refractivity contribution >= 4 is 21.5 Å². The van der Waals surface area contributed by atoms with Crippen molar-refractivity contribution in [2.75, 3.05) is 30.9 Å². The average molecular weight is 443 g/mol. The molecule has 1 aromatic carbocycles. The van der Waals surface area contributed by atoms with Crippen molar-refractivity contribution in [3.8, 4) is 0 Å². The first kappa shape index (κ1) is 21.9. The Morgan fingerprint density at radius 1 is 1.13 bits per heavy atom. The molecule has 0 unspecified atom stereocenters. The minimum Gasteiger partial charge on any atom is -0.377 e. The first-order valence-electron chi connectivity index (χ1n) is 10.8. The molecule has 2 heterocycles. The highest BCUT2D eigenvalue weighted by molar-refractivity contribution is 7.88. The van der Waals surface area contributed by atoms with Crippen LogP contribution in [-0.4, -0.2) is 56.5 Å². The second kappa shape index (κ2) is 9.89. The van der Waals surface area contributed by atoms with Gasteiger partial charge in [0.15, 0.2) is 0 Å². The number of rotatable bonds is 7. The molecule has 1 N–H and O–H groups in total. The minimum atomic E-state index is -3.28. The Morgan fingerprint density at radius 3 is 2.58 bits per heavy atom. The molecule has 8 heteroatoms. The number of sulfonamides is 1. The quantitative estimate of drug-likeness (QED) is 0.710. The van der Waals surface area contributed by atoms with E-state index in [2.05, 4.69) is 49.9 Å². The van der Waals surface area contributed by atoms with Crippen LogP contribution in [-0.2, 0) is 14.8 Å². The van der Waals surface area contributed by atoms with E-state index in [0.29, 0.717) is 32.1 Å². The molecule has 31 heavy (non-hydrogen) atoms. The van der Waals surface area contributed by atoms with Crippen LogP contribution in [0.15, 0.2) is 54.9 Å². The maximum atomic E-state index is 11.9. The highest BCUT2D eigenvalue weighted by atomic mass is 32.2. The van der Waals surface area contributed by atoms with Crippen LogP contribution in [0.4, 0.5) is 5.95 Å². The fourth-order valence-corrected chi connectivity index (χ4v) is 5.26. The van der Waals surface area contributed by atoms with E-state index >= 15 is 0 Å². The van der Waals surface area contributed by atoms with Crippen molar-refractivity contribution in [2.45, 2.75) is 37.8 Å². The lowest BCUT2D eigenvalue weighted by Crippen LogP contribution is -2.53. The van der Waals surface area contributed by atoms with E-state index in [9.17, 15) is 8.42 Å². The normalized spacial score (nSPS) is 24.6. The fraction of sp³-hybridized carbons (Fsp3) is 0.478. The Hall–Kier alpha value is -2.29. The SMILES string of the molecule is CS(=O)(=O)N[C@H]1CCN(c2ncccn2)C[C@H]1CO[C@H]1CC=C(c2ccccc2)CC1. The van der Waals surface area contributed by atoms with Gasteiger partial charge in [0.2, 0.25) is 16.0 Å². The van der Waals surface area contributed by atoms with Gasteiger partial charge >= 0.3 is 0 Å². The molecule has 7 nitrogen and oxygen atoms in total. The standard InChI is InChI=1S/C23H30N4O3S/c1-31(28,29)26-22-12-15-27(23-24-13-5-14-25-23)16-20(22)17-30-21-10-8-19(9-11-21)18-6-3-2-4-7-18/h2-8,13-14,20-22,26H,9-12,15-17H2,1H3/t20-,21-,22-/m0/s1. The van der Waals surface area contributed by atoms with Crippen molar-refractivity contribution < 1.29 is 13.2 Å². The fourth-order valence-electron chi connectivity index (χ4n) is 4.40. The van der Waals surface area contributed by atoms with Crippen molar-refractivity contribution in [2.24, 2.45) is 5.92 Å². The molecule has 0 bridgehead atoms. The monoisotopic (exact) mass is 442 g/mol. The number of nitrogens with zero attached hydrogens (tertiary/aromatic N) is 3. The maximum Gasteiger partial charge on any atom is 0.225 e. The van der Waals surface area contributed by atoms with Gasteiger partial charge in [0.1, 0.15) is 0 Å². The van der Waals surface area contributed by atoms with Gasteiger partial charge in [-0.25, -0.2) is 23.1 Å². The third-order valence-electron chi connectivity index (χ3n) is 5.99. The molecule has 166 valence electrons. The number of benzene rings is 1. The Kier molecular flexibility index (Phi) is 6.99. The lowest BCUT2D eigenvalue weighted by atomic mass is 9.91. The molecule has 0 spiro atoms. The number of anilines is 1. The predicted octanol–water partition coefficient (Wildman–Crippen LogP) is 2.87. The zero-order chi connectivity index (χ0) is 21.7. The van der Waals surface area contributed by atoms with Gasteiger partial charge < -0.3 is 9.64 Å². The number of nitrogens with one attached hydrogen (secondary N) is 1. The lowest BCUT2D eigenvalue weighted by Gasteiger charge is -2.39. The summed E-state index contributed by atoms with van der Waals surface area (Å²) in [7, 11) is -3.28. The number of allylic oxidation sites excluding steroid dienone is 1. The highest BCUT2D eigenvalue weighted by Gasteiger charge is 2.33. The summed E-state index contributed by atoms with van der Waals surface area (Å²) in [5.41, 5.74) is 2.66. The molecule has 2 aliphatic rings. The Labute approximate surface area is 184 Å². The summed E-state index contributed by atoms with van der Waals surface area (Å²) in [4.78, 5) is 10.8. The van der Waals surface area contributed by atoms with Gasteiger partial charge in [-0.1, -0.05) is 36.4 Å². The second-order valence-electron chi connectivity index (χ2n) is 8.37. The maximum absolute atomic E-state index is 11.9. The first-order valence-corrected chi connectivity index (χ1v) is 12.7. The van der Waals surface area contributed by atoms with Crippen LogP contribution in [0.1, 0.15) is 31.2 Å². The van der Waals surface area contributed by atoms with E-state index < -0.39 is 10.0 Å². The molecular formula is C23H30N4O3S. The summed E-state index contributed by atoms with van der Waals surface area (Å²) in [5.74, 6) is 0.713. The minimum absolute atomic E-state index is 0.0341. The van der Waals surface area contributed by atoms with Gasteiger partial charge in [0.05, 0.1) is 19.0 Å². The first-order chi connectivity index (χ1) is 15.0. The largest absolute Gasteiger partial charge is 0.377 e. The number of ether oxygens (including phenoxy) is 1. The molecule has 1 fully saturated rings. The van der Waals surface area contributed by atoms with E-state index in [-0.39, 0.29) is 18.1 Å². The van der Waals surface area contributed by atoms with Gasteiger partial charge in [-0.3, -0.25) is 0 Å². The molecule has 0 saturated carbocycles. The molecule has 1 aliphatic heterocycles. The Bertz CT molecular complexity index is 982. The van der Waals surface area contributed by atoms with E-state index in [0.717, 1.165) is 19.3 Å². The van der Waals surface area contributed by atoms with Crippen LogP contribution in [0.2, 0.25) is 0 Å². The van der Waals surface area contributed by atoms with Gasteiger partial charge in [-0.15, -0.1) is 0 Å². The van der Waals surface area contributed by atoms with Crippen LogP contribution in [0.3, 0.4) is 0 Å². The topological polar surface area (TPSA) is 84.4 Å². The van der Waals surface area contributed by atoms with Crippen LogP contribution in [0.25, 0.3) is 5.57 Å². The van der Waals surface area contributed by atoms with E-state index in [1.807, 2.05) is 6.07 Å². The van der Waals surface area contributed by atoms with Crippen LogP contribution in [0.5, 0.6) is 0 Å². The third kappa shape index (κ3) is 6.12. The van der Waals surface area contributed by atoms with E-state index in [4.69, 9.17) is 4.74 Å². The molecule has 0 radical (unpaired) electrons. The van der Waals surface area contributed by atoms with Gasteiger partial charge in [-0.2, -0.15) is 0 Å². The highest BCUT2D eigenvalue weighted by Crippen LogP contribution is 2.29. The number of piperidine rings is 1. The zero-order valence-electron chi connectivity index (χ0n) is 17.9. The summed E-state index contributed by atoms with van der Waals surface area (Å²) in [5, 5.41) is 0. The molecule has 3 atom stereocenters. The Morgan fingerprint density at radius 2 is 1.90 bits per heavy atom. The molecule has 1 aliphatic carbocycles. The molecule has 0 amide bonds.